The molecule has 0 saturated carbocycles. The lowest BCUT2D eigenvalue weighted by atomic mass is 10.1. The predicted molar refractivity (Wildman–Crippen MR) is 117 cm³/mol. The molecule has 0 radical (unpaired) electrons. The molecule has 146 valence electrons. The normalized spacial score (nSPS) is 10.9. The maximum Gasteiger partial charge on any atom is 0.255 e. The fourth-order valence-corrected chi connectivity index (χ4v) is 3.21. The van der Waals surface area contributed by atoms with Crippen molar-refractivity contribution in [3.63, 3.8) is 0 Å². The van der Waals surface area contributed by atoms with Crippen molar-refractivity contribution >= 4 is 22.6 Å². The van der Waals surface area contributed by atoms with Gasteiger partial charge in [0.2, 0.25) is 0 Å². The lowest BCUT2D eigenvalue weighted by Gasteiger charge is -2.08. The molecule has 1 heterocycles. The number of rotatable bonds is 5. The summed E-state index contributed by atoms with van der Waals surface area (Å²) in [6.07, 6.45) is 0. The smallest absolute Gasteiger partial charge is 0.255 e. The van der Waals surface area contributed by atoms with Gasteiger partial charge in [0.05, 0.1) is 17.6 Å². The molecule has 0 bridgehead atoms. The summed E-state index contributed by atoms with van der Waals surface area (Å²) in [5.41, 5.74) is 6.68. The van der Waals surface area contributed by atoms with Crippen LogP contribution in [0.25, 0.3) is 22.4 Å². The van der Waals surface area contributed by atoms with E-state index >= 15 is 0 Å². The minimum atomic E-state index is -0.172. The molecule has 5 heteroatoms. The van der Waals surface area contributed by atoms with E-state index in [9.17, 15) is 4.79 Å². The first-order chi connectivity index (χ1) is 14.0. The van der Waals surface area contributed by atoms with E-state index in [0.29, 0.717) is 17.9 Å². The van der Waals surface area contributed by atoms with Gasteiger partial charge in [-0.05, 0) is 86.5 Å². The van der Waals surface area contributed by atoms with Crippen molar-refractivity contribution in [2.24, 2.45) is 0 Å². The third-order valence-electron chi connectivity index (χ3n) is 4.92. The van der Waals surface area contributed by atoms with E-state index in [2.05, 4.69) is 36.3 Å². The molecule has 0 fully saturated rings. The van der Waals surface area contributed by atoms with Crippen LogP contribution in [0.2, 0.25) is 0 Å². The molecular weight excluding hydrogens is 362 g/mol. The Kier molecular flexibility index (Phi) is 5.04. The quantitative estimate of drug-likeness (QED) is 0.477. The highest BCUT2D eigenvalue weighted by Gasteiger charge is 2.10. The zero-order valence-electron chi connectivity index (χ0n) is 16.7. The predicted octanol–water partition coefficient (Wildman–Crippen LogP) is 5.50. The Morgan fingerprint density at radius 3 is 2.55 bits per heavy atom. The van der Waals surface area contributed by atoms with Crippen molar-refractivity contribution < 1.29 is 9.53 Å². The SMILES string of the molecule is CCOc1cccc(C(=O)Nc2ccc(-c3nc4cc(C)c(C)cc4[nH]3)cc2)c1. The molecule has 0 atom stereocenters. The number of imidazole rings is 1. The number of carbonyl (C=O) groups excluding carboxylic acids is 1. The largest absolute Gasteiger partial charge is 0.494 e. The Bertz CT molecular complexity index is 1140. The van der Waals surface area contributed by atoms with Gasteiger partial charge in [0.25, 0.3) is 5.91 Å². The topological polar surface area (TPSA) is 67.0 Å². The molecule has 0 aliphatic heterocycles. The maximum absolute atomic E-state index is 12.5. The number of benzene rings is 3. The number of hydrogen-bond donors (Lipinski definition) is 2. The minimum absolute atomic E-state index is 0.172. The molecule has 1 aromatic heterocycles. The fourth-order valence-electron chi connectivity index (χ4n) is 3.21. The molecule has 29 heavy (non-hydrogen) atoms. The summed E-state index contributed by atoms with van der Waals surface area (Å²) in [7, 11) is 0. The van der Waals surface area contributed by atoms with E-state index < -0.39 is 0 Å². The first-order valence-electron chi connectivity index (χ1n) is 9.65. The van der Waals surface area contributed by atoms with Crippen LogP contribution in [0.15, 0.2) is 60.7 Å². The van der Waals surface area contributed by atoms with Gasteiger partial charge in [0.1, 0.15) is 11.6 Å². The van der Waals surface area contributed by atoms with Gasteiger partial charge in [-0.15, -0.1) is 0 Å². The Labute approximate surface area is 169 Å². The van der Waals surface area contributed by atoms with Crippen molar-refractivity contribution in [1.29, 1.82) is 0 Å². The molecular formula is C24H23N3O2. The number of amides is 1. The molecule has 0 aliphatic carbocycles. The lowest BCUT2D eigenvalue weighted by molar-refractivity contribution is 0.102. The lowest BCUT2D eigenvalue weighted by Crippen LogP contribution is -2.11. The molecule has 0 unspecified atom stereocenters. The zero-order valence-corrected chi connectivity index (χ0v) is 16.7. The Morgan fingerprint density at radius 2 is 1.79 bits per heavy atom. The second-order valence-corrected chi connectivity index (χ2v) is 7.03. The molecule has 2 N–H and O–H groups in total. The Hall–Kier alpha value is -3.60. The van der Waals surface area contributed by atoms with Crippen molar-refractivity contribution in [2.75, 3.05) is 11.9 Å². The summed E-state index contributed by atoms with van der Waals surface area (Å²) in [6.45, 7) is 6.66. The van der Waals surface area contributed by atoms with Crippen molar-refractivity contribution in [1.82, 2.24) is 9.97 Å². The van der Waals surface area contributed by atoms with E-state index in [0.717, 1.165) is 28.1 Å². The van der Waals surface area contributed by atoms with Crippen LogP contribution in [0.5, 0.6) is 5.75 Å². The van der Waals surface area contributed by atoms with Gasteiger partial charge < -0.3 is 15.0 Å². The molecule has 1 amide bonds. The van der Waals surface area contributed by atoms with Gasteiger partial charge in [-0.2, -0.15) is 0 Å². The van der Waals surface area contributed by atoms with Crippen LogP contribution in [0, 0.1) is 13.8 Å². The van der Waals surface area contributed by atoms with Crippen LogP contribution >= 0.6 is 0 Å². The average molecular weight is 385 g/mol. The minimum Gasteiger partial charge on any atom is -0.494 e. The number of H-pyrrole nitrogens is 1. The van der Waals surface area contributed by atoms with Gasteiger partial charge in [0, 0.05) is 16.8 Å². The number of carbonyl (C=O) groups is 1. The van der Waals surface area contributed by atoms with E-state index in [1.165, 1.54) is 11.1 Å². The molecule has 0 saturated heterocycles. The van der Waals surface area contributed by atoms with Gasteiger partial charge in [-0.25, -0.2) is 4.98 Å². The molecule has 3 aromatic carbocycles. The summed E-state index contributed by atoms with van der Waals surface area (Å²) in [6, 6.07) is 19.0. The van der Waals surface area contributed by atoms with Gasteiger partial charge in [0.15, 0.2) is 0 Å². The number of hydrogen-bond acceptors (Lipinski definition) is 3. The summed E-state index contributed by atoms with van der Waals surface area (Å²) >= 11 is 0. The molecule has 5 nitrogen and oxygen atoms in total. The summed E-state index contributed by atoms with van der Waals surface area (Å²) in [5.74, 6) is 1.33. The Balaban J connectivity index is 1.52. The van der Waals surface area contributed by atoms with Crippen LogP contribution in [0.4, 0.5) is 5.69 Å². The van der Waals surface area contributed by atoms with Crippen molar-refractivity contribution in [3.8, 4) is 17.1 Å². The number of aromatic amines is 1. The standard InChI is InChI=1S/C24H23N3O2/c1-4-29-20-7-5-6-18(14-20)24(28)25-19-10-8-17(9-11-19)23-26-21-12-15(2)16(3)13-22(21)27-23/h5-14H,4H2,1-3H3,(H,25,28)(H,26,27). The third kappa shape index (κ3) is 3.99. The van der Waals surface area contributed by atoms with Gasteiger partial charge >= 0.3 is 0 Å². The first kappa shape index (κ1) is 18.7. The number of aromatic nitrogens is 2. The van der Waals surface area contributed by atoms with Gasteiger partial charge in [-0.3, -0.25) is 4.79 Å². The molecule has 4 aromatic rings. The monoisotopic (exact) mass is 385 g/mol. The van der Waals surface area contributed by atoms with E-state index in [-0.39, 0.29) is 5.91 Å². The number of nitrogens with zero attached hydrogens (tertiary/aromatic N) is 1. The number of anilines is 1. The number of ether oxygens (including phenoxy) is 1. The van der Waals surface area contributed by atoms with Crippen LogP contribution in [-0.4, -0.2) is 22.5 Å². The van der Waals surface area contributed by atoms with E-state index in [4.69, 9.17) is 9.72 Å². The summed E-state index contributed by atoms with van der Waals surface area (Å²) < 4.78 is 5.46. The van der Waals surface area contributed by atoms with Gasteiger partial charge in [-0.1, -0.05) is 6.07 Å². The highest BCUT2D eigenvalue weighted by Crippen LogP contribution is 2.24. The highest BCUT2D eigenvalue weighted by molar-refractivity contribution is 6.04. The highest BCUT2D eigenvalue weighted by atomic mass is 16.5. The molecule has 0 aliphatic rings. The second-order valence-electron chi connectivity index (χ2n) is 7.03. The average Bonchev–Trinajstić information content (AvgIpc) is 3.12. The summed E-state index contributed by atoms with van der Waals surface area (Å²) in [4.78, 5) is 20.6. The van der Waals surface area contributed by atoms with Crippen LogP contribution in [0.1, 0.15) is 28.4 Å². The van der Waals surface area contributed by atoms with Crippen LogP contribution in [0.3, 0.4) is 0 Å². The molecule has 4 rings (SSSR count). The van der Waals surface area contributed by atoms with Crippen molar-refractivity contribution in [3.05, 3.63) is 77.4 Å². The third-order valence-corrected chi connectivity index (χ3v) is 4.92. The second kappa shape index (κ2) is 7.80. The maximum atomic E-state index is 12.5. The van der Waals surface area contributed by atoms with Crippen molar-refractivity contribution in [2.45, 2.75) is 20.8 Å². The number of fused-ring (bicyclic) bond motifs is 1. The van der Waals surface area contributed by atoms with E-state index in [1.807, 2.05) is 43.3 Å². The number of aryl methyl sites for hydroxylation is 2. The number of nitrogens with one attached hydrogen (secondary N) is 2. The summed E-state index contributed by atoms with van der Waals surface area (Å²) in [5, 5.41) is 2.92. The fraction of sp³-hybridized carbons (Fsp3) is 0.167. The van der Waals surface area contributed by atoms with Crippen LogP contribution < -0.4 is 10.1 Å². The first-order valence-corrected chi connectivity index (χ1v) is 9.65. The Morgan fingerprint density at radius 1 is 1.03 bits per heavy atom. The zero-order chi connectivity index (χ0) is 20.4. The van der Waals surface area contributed by atoms with E-state index in [1.54, 1.807) is 12.1 Å². The van der Waals surface area contributed by atoms with Crippen LogP contribution in [-0.2, 0) is 0 Å². The molecule has 0 spiro atoms.